The average molecular weight is 227 g/mol. The Morgan fingerprint density at radius 1 is 1.25 bits per heavy atom. The minimum absolute atomic E-state index is 0.115. The van der Waals surface area contributed by atoms with Crippen molar-refractivity contribution in [3.05, 3.63) is 0 Å². The van der Waals surface area contributed by atoms with Crippen LogP contribution in [0, 0.1) is 5.92 Å². The average Bonchev–Trinajstić information content (AvgIpc) is 2.42. The number of hydrogen-bond acceptors (Lipinski definition) is 3. The minimum Gasteiger partial charge on any atom is -0.391 e. The van der Waals surface area contributed by atoms with E-state index in [0.29, 0.717) is 12.8 Å². The van der Waals surface area contributed by atoms with Crippen molar-refractivity contribution in [1.29, 1.82) is 0 Å². The van der Waals surface area contributed by atoms with Gasteiger partial charge in [-0.1, -0.05) is 20.3 Å². The Balaban J connectivity index is 2.61. The van der Waals surface area contributed by atoms with Gasteiger partial charge in [0.05, 0.1) is 12.6 Å². The van der Waals surface area contributed by atoms with Crippen LogP contribution in [0.1, 0.15) is 46.0 Å². The first-order valence-corrected chi connectivity index (χ1v) is 6.07. The molecule has 1 fully saturated rings. The normalized spacial score (nSPS) is 21.8. The number of likely N-dealkylation sites (tertiary alicyclic amines) is 1. The lowest BCUT2D eigenvalue weighted by Crippen LogP contribution is -2.42. The van der Waals surface area contributed by atoms with Gasteiger partial charge in [0.2, 0.25) is 11.8 Å². The van der Waals surface area contributed by atoms with Crippen LogP contribution in [0.15, 0.2) is 0 Å². The Morgan fingerprint density at radius 2 is 1.75 bits per heavy atom. The van der Waals surface area contributed by atoms with Gasteiger partial charge >= 0.3 is 0 Å². The fourth-order valence-electron chi connectivity index (χ4n) is 1.80. The van der Waals surface area contributed by atoms with Gasteiger partial charge < -0.3 is 5.11 Å². The van der Waals surface area contributed by atoms with Crippen molar-refractivity contribution in [3.8, 4) is 0 Å². The number of aliphatic hydroxyl groups excluding tert-OH is 1. The second-order valence-corrected chi connectivity index (χ2v) is 4.56. The van der Waals surface area contributed by atoms with Crippen molar-refractivity contribution in [1.82, 2.24) is 4.90 Å². The van der Waals surface area contributed by atoms with Gasteiger partial charge in [-0.3, -0.25) is 14.5 Å². The molecule has 1 rings (SSSR count). The van der Waals surface area contributed by atoms with Crippen molar-refractivity contribution in [2.75, 3.05) is 6.54 Å². The third kappa shape index (κ3) is 3.30. The molecule has 16 heavy (non-hydrogen) atoms. The Hall–Kier alpha value is -0.900. The summed E-state index contributed by atoms with van der Waals surface area (Å²) < 4.78 is 0. The second-order valence-electron chi connectivity index (χ2n) is 4.56. The molecule has 2 atom stereocenters. The number of rotatable bonds is 4. The van der Waals surface area contributed by atoms with Gasteiger partial charge in [0.15, 0.2) is 0 Å². The molecule has 0 saturated carbocycles. The molecule has 1 aliphatic heterocycles. The van der Waals surface area contributed by atoms with Gasteiger partial charge in [0.25, 0.3) is 0 Å². The van der Waals surface area contributed by atoms with Gasteiger partial charge in [-0.25, -0.2) is 0 Å². The molecular weight excluding hydrogens is 206 g/mol. The van der Waals surface area contributed by atoms with E-state index in [1.807, 2.05) is 13.8 Å². The Labute approximate surface area is 96.6 Å². The molecule has 4 heteroatoms. The highest BCUT2D eigenvalue weighted by atomic mass is 16.3. The highest BCUT2D eigenvalue weighted by molar-refractivity contribution is 5.96. The van der Waals surface area contributed by atoms with E-state index in [4.69, 9.17) is 0 Å². The van der Waals surface area contributed by atoms with Crippen LogP contribution in [0.4, 0.5) is 0 Å². The molecule has 0 aromatic rings. The Morgan fingerprint density at radius 3 is 2.19 bits per heavy atom. The minimum atomic E-state index is -0.601. The number of amides is 2. The predicted molar refractivity (Wildman–Crippen MR) is 60.6 cm³/mol. The molecule has 4 nitrogen and oxygen atoms in total. The number of carbonyl (C=O) groups is 2. The van der Waals surface area contributed by atoms with E-state index in [2.05, 4.69) is 0 Å². The lowest BCUT2D eigenvalue weighted by Gasteiger charge is -2.25. The summed E-state index contributed by atoms with van der Waals surface area (Å²) in [6.45, 7) is 4.07. The summed E-state index contributed by atoms with van der Waals surface area (Å²) in [5, 5.41) is 9.85. The first-order valence-electron chi connectivity index (χ1n) is 6.07. The van der Waals surface area contributed by atoms with Crippen molar-refractivity contribution < 1.29 is 14.7 Å². The molecule has 1 N–H and O–H groups in total. The number of imide groups is 1. The van der Waals surface area contributed by atoms with E-state index in [1.54, 1.807) is 0 Å². The first kappa shape index (κ1) is 13.2. The topological polar surface area (TPSA) is 57.6 Å². The van der Waals surface area contributed by atoms with Crippen molar-refractivity contribution in [2.24, 2.45) is 5.92 Å². The molecule has 0 aliphatic carbocycles. The van der Waals surface area contributed by atoms with Gasteiger partial charge in [-0.05, 0) is 18.8 Å². The van der Waals surface area contributed by atoms with E-state index < -0.39 is 6.10 Å². The molecule has 0 bridgehead atoms. The van der Waals surface area contributed by atoms with Crippen LogP contribution in [-0.4, -0.2) is 34.5 Å². The number of β-amino-alcohol motifs (C(OH)–C–C–N with tert-alkyl or cyclic N) is 1. The molecule has 2 unspecified atom stereocenters. The van der Waals surface area contributed by atoms with Crippen LogP contribution in [0.2, 0.25) is 0 Å². The monoisotopic (exact) mass is 227 g/mol. The molecular formula is C12H21NO3. The molecule has 0 aromatic heterocycles. The fraction of sp³-hybridized carbons (Fsp3) is 0.833. The van der Waals surface area contributed by atoms with Gasteiger partial charge in [0.1, 0.15) is 0 Å². The maximum atomic E-state index is 11.7. The predicted octanol–water partition coefficient (Wildman–Crippen LogP) is 1.32. The molecule has 2 amide bonds. The molecule has 0 spiro atoms. The largest absolute Gasteiger partial charge is 0.391 e. The molecule has 1 heterocycles. The molecule has 0 radical (unpaired) electrons. The van der Waals surface area contributed by atoms with Crippen LogP contribution in [0.25, 0.3) is 0 Å². The van der Waals surface area contributed by atoms with E-state index in [-0.39, 0.29) is 24.3 Å². The summed E-state index contributed by atoms with van der Waals surface area (Å²) in [6, 6.07) is 0. The second kappa shape index (κ2) is 5.99. The number of carbonyl (C=O) groups excluding carboxylic acids is 2. The van der Waals surface area contributed by atoms with Crippen molar-refractivity contribution in [3.63, 3.8) is 0 Å². The summed E-state index contributed by atoms with van der Waals surface area (Å²) in [6.07, 6.45) is 2.66. The third-order valence-corrected chi connectivity index (χ3v) is 3.30. The van der Waals surface area contributed by atoms with E-state index in [9.17, 15) is 14.7 Å². The van der Waals surface area contributed by atoms with Crippen LogP contribution in [-0.2, 0) is 9.59 Å². The van der Waals surface area contributed by atoms with Gasteiger partial charge in [0, 0.05) is 12.8 Å². The number of aliphatic hydroxyl groups is 1. The van der Waals surface area contributed by atoms with Gasteiger partial charge in [-0.2, -0.15) is 0 Å². The van der Waals surface area contributed by atoms with Crippen LogP contribution < -0.4 is 0 Å². The lowest BCUT2D eigenvalue weighted by atomic mass is 10.0. The van der Waals surface area contributed by atoms with Crippen molar-refractivity contribution in [2.45, 2.75) is 52.1 Å². The maximum absolute atomic E-state index is 11.7. The first-order chi connectivity index (χ1) is 7.56. The maximum Gasteiger partial charge on any atom is 0.229 e. The smallest absolute Gasteiger partial charge is 0.229 e. The Kier molecular flexibility index (Phi) is 4.93. The summed E-state index contributed by atoms with van der Waals surface area (Å²) in [5.41, 5.74) is 0. The van der Waals surface area contributed by atoms with Crippen molar-refractivity contribution >= 4 is 11.8 Å². The van der Waals surface area contributed by atoms with Crippen LogP contribution in [0.3, 0.4) is 0 Å². The highest BCUT2D eigenvalue weighted by Gasteiger charge is 2.27. The third-order valence-electron chi connectivity index (χ3n) is 3.30. The number of hydrogen-bond donors (Lipinski definition) is 1. The molecule has 0 aromatic carbocycles. The van der Waals surface area contributed by atoms with Crippen LogP contribution in [0.5, 0.6) is 0 Å². The summed E-state index contributed by atoms with van der Waals surface area (Å²) >= 11 is 0. The summed E-state index contributed by atoms with van der Waals surface area (Å²) in [7, 11) is 0. The Bertz CT molecular complexity index is 247. The van der Waals surface area contributed by atoms with E-state index >= 15 is 0 Å². The highest BCUT2D eigenvalue weighted by Crippen LogP contribution is 2.15. The van der Waals surface area contributed by atoms with E-state index in [1.165, 1.54) is 4.90 Å². The summed E-state index contributed by atoms with van der Waals surface area (Å²) in [4.78, 5) is 24.6. The molecule has 1 saturated heterocycles. The molecule has 92 valence electrons. The fourth-order valence-corrected chi connectivity index (χ4v) is 1.80. The molecule has 1 aliphatic rings. The van der Waals surface area contributed by atoms with Gasteiger partial charge in [-0.15, -0.1) is 0 Å². The number of nitrogens with zero attached hydrogens (tertiary/aromatic N) is 1. The zero-order chi connectivity index (χ0) is 12.1. The standard InChI is InChI=1S/C12H21NO3/c1-3-9(2)10(14)8-13-11(15)6-4-5-7-12(13)16/h9-10,14H,3-8H2,1-2H3. The quantitative estimate of drug-likeness (QED) is 0.737. The zero-order valence-corrected chi connectivity index (χ0v) is 10.1. The summed E-state index contributed by atoms with van der Waals surface area (Å²) in [5.74, 6) is -0.154. The lowest BCUT2D eigenvalue weighted by molar-refractivity contribution is -0.145. The van der Waals surface area contributed by atoms with E-state index in [0.717, 1.165) is 19.3 Å². The SMILES string of the molecule is CCC(C)C(O)CN1C(=O)CCCCC1=O. The van der Waals surface area contributed by atoms with Crippen LogP contribution >= 0.6 is 0 Å². The zero-order valence-electron chi connectivity index (χ0n) is 10.1.